The molecule has 1 heterocycles. The first-order chi connectivity index (χ1) is 7.58. The van der Waals surface area contributed by atoms with Gasteiger partial charge in [0, 0.05) is 14.8 Å². The third-order valence-corrected chi connectivity index (χ3v) is 4.10. The van der Waals surface area contributed by atoms with E-state index >= 15 is 0 Å². The van der Waals surface area contributed by atoms with Crippen molar-refractivity contribution in [2.45, 2.75) is 20.0 Å². The summed E-state index contributed by atoms with van der Waals surface area (Å²) in [5, 5.41) is 10.9. The largest absolute Gasteiger partial charge is 0.383 e. The molecule has 0 bridgehead atoms. The third-order valence-electron chi connectivity index (χ3n) is 2.64. The van der Waals surface area contributed by atoms with E-state index in [1.54, 1.807) is 23.5 Å². The van der Waals surface area contributed by atoms with Crippen molar-refractivity contribution in [2.24, 2.45) is 0 Å². The third kappa shape index (κ3) is 2.29. The fourth-order valence-electron chi connectivity index (χ4n) is 1.55. The topological polar surface area (TPSA) is 20.2 Å². The molecule has 0 saturated heterocycles. The molecule has 2 rings (SSSR count). The van der Waals surface area contributed by atoms with Crippen LogP contribution in [0, 0.1) is 13.8 Å². The first-order valence-corrected chi connectivity index (χ1v) is 6.28. The molecule has 84 valence electrons. The molecule has 0 aliphatic heterocycles. The Bertz CT molecular complexity index is 468. The summed E-state index contributed by atoms with van der Waals surface area (Å²) in [5.41, 5.74) is 2.11. The molecule has 16 heavy (non-hydrogen) atoms. The summed E-state index contributed by atoms with van der Waals surface area (Å²) < 4.78 is 0. The van der Waals surface area contributed by atoms with Crippen molar-refractivity contribution in [1.29, 1.82) is 0 Å². The Morgan fingerprint density at radius 3 is 2.31 bits per heavy atom. The number of thiophene rings is 1. The summed E-state index contributed by atoms with van der Waals surface area (Å²) in [6.07, 6.45) is -0.547. The quantitative estimate of drug-likeness (QED) is 0.853. The Balaban J connectivity index is 2.31. The molecule has 3 heteroatoms. The van der Waals surface area contributed by atoms with Crippen molar-refractivity contribution in [3.05, 3.63) is 56.2 Å². The Kier molecular flexibility index (Phi) is 3.33. The first kappa shape index (κ1) is 11.6. The summed E-state index contributed by atoms with van der Waals surface area (Å²) >= 11 is 7.45. The Labute approximate surface area is 104 Å². The normalized spacial score (nSPS) is 12.8. The van der Waals surface area contributed by atoms with Crippen molar-refractivity contribution in [2.75, 3.05) is 0 Å². The van der Waals surface area contributed by atoms with E-state index in [0.717, 1.165) is 10.4 Å². The number of hydrogen-bond acceptors (Lipinski definition) is 2. The van der Waals surface area contributed by atoms with Gasteiger partial charge in [0.05, 0.1) is 0 Å². The van der Waals surface area contributed by atoms with Crippen LogP contribution in [0.4, 0.5) is 0 Å². The van der Waals surface area contributed by atoms with Crippen LogP contribution < -0.4 is 0 Å². The van der Waals surface area contributed by atoms with E-state index in [9.17, 15) is 5.11 Å². The van der Waals surface area contributed by atoms with E-state index in [4.69, 9.17) is 11.6 Å². The zero-order valence-corrected chi connectivity index (χ0v) is 10.8. The molecule has 1 N–H and O–H groups in total. The summed E-state index contributed by atoms with van der Waals surface area (Å²) in [7, 11) is 0. The molecule has 0 saturated carbocycles. The number of rotatable bonds is 2. The zero-order valence-electron chi connectivity index (χ0n) is 9.20. The Hall–Kier alpha value is -0.830. The van der Waals surface area contributed by atoms with E-state index < -0.39 is 6.10 Å². The lowest BCUT2D eigenvalue weighted by Crippen LogP contribution is -1.96. The van der Waals surface area contributed by atoms with Gasteiger partial charge in [0.1, 0.15) is 6.10 Å². The summed E-state index contributed by atoms with van der Waals surface area (Å²) in [6.45, 7) is 4.13. The van der Waals surface area contributed by atoms with Crippen LogP contribution >= 0.6 is 22.9 Å². The lowest BCUT2D eigenvalue weighted by Gasteiger charge is -2.08. The number of aryl methyl sites for hydroxylation is 2. The van der Waals surface area contributed by atoms with Crippen LogP contribution in [0.5, 0.6) is 0 Å². The fourth-order valence-corrected chi connectivity index (χ4v) is 2.73. The van der Waals surface area contributed by atoms with Crippen molar-refractivity contribution in [1.82, 2.24) is 0 Å². The van der Waals surface area contributed by atoms with Crippen LogP contribution in [0.15, 0.2) is 30.3 Å². The van der Waals surface area contributed by atoms with Crippen LogP contribution in [0.25, 0.3) is 0 Å². The van der Waals surface area contributed by atoms with Gasteiger partial charge in [0.15, 0.2) is 0 Å². The van der Waals surface area contributed by atoms with Crippen LogP contribution in [0.2, 0.25) is 5.02 Å². The van der Waals surface area contributed by atoms with Gasteiger partial charge in [0.25, 0.3) is 0 Å². The van der Waals surface area contributed by atoms with E-state index in [0.29, 0.717) is 5.02 Å². The molecule has 1 unspecified atom stereocenters. The van der Waals surface area contributed by atoms with Gasteiger partial charge in [-0.1, -0.05) is 23.7 Å². The van der Waals surface area contributed by atoms with Crippen LogP contribution in [0.1, 0.15) is 27.0 Å². The fraction of sp³-hybridized carbons (Fsp3) is 0.231. The minimum Gasteiger partial charge on any atom is -0.383 e. The van der Waals surface area contributed by atoms with E-state index in [2.05, 4.69) is 13.8 Å². The van der Waals surface area contributed by atoms with Gasteiger partial charge in [-0.2, -0.15) is 0 Å². The van der Waals surface area contributed by atoms with E-state index in [1.165, 1.54) is 10.4 Å². The predicted molar refractivity (Wildman–Crippen MR) is 69.3 cm³/mol. The van der Waals surface area contributed by atoms with Gasteiger partial charge in [0.2, 0.25) is 0 Å². The number of aliphatic hydroxyl groups is 1. The highest BCUT2D eigenvalue weighted by molar-refractivity contribution is 7.12. The summed E-state index contributed by atoms with van der Waals surface area (Å²) in [4.78, 5) is 2.24. The van der Waals surface area contributed by atoms with Crippen LogP contribution in [-0.4, -0.2) is 5.11 Å². The van der Waals surface area contributed by atoms with Crippen molar-refractivity contribution < 1.29 is 5.11 Å². The van der Waals surface area contributed by atoms with Gasteiger partial charge in [-0.25, -0.2) is 0 Å². The standard InChI is InChI=1S/C13H13ClOS/c1-8-7-12(16-9(8)2)13(15)10-3-5-11(14)6-4-10/h3-7,13,15H,1-2H3. The van der Waals surface area contributed by atoms with Crippen LogP contribution in [-0.2, 0) is 0 Å². The maximum atomic E-state index is 10.2. The number of hydrogen-bond donors (Lipinski definition) is 1. The molecular weight excluding hydrogens is 240 g/mol. The molecule has 1 aromatic carbocycles. The molecular formula is C13H13ClOS. The van der Waals surface area contributed by atoms with Gasteiger partial charge in [-0.05, 0) is 43.2 Å². The van der Waals surface area contributed by atoms with Crippen molar-refractivity contribution in [3.8, 4) is 0 Å². The maximum absolute atomic E-state index is 10.2. The highest BCUT2D eigenvalue weighted by Crippen LogP contribution is 2.30. The smallest absolute Gasteiger partial charge is 0.113 e. The molecule has 1 nitrogen and oxygen atoms in total. The molecule has 0 radical (unpaired) electrons. The van der Waals surface area contributed by atoms with Gasteiger partial charge < -0.3 is 5.11 Å². The SMILES string of the molecule is Cc1cc(C(O)c2ccc(Cl)cc2)sc1C. The highest BCUT2D eigenvalue weighted by atomic mass is 35.5. The minimum absolute atomic E-state index is 0.547. The van der Waals surface area contributed by atoms with Crippen molar-refractivity contribution >= 4 is 22.9 Å². The highest BCUT2D eigenvalue weighted by Gasteiger charge is 2.13. The Morgan fingerprint density at radius 2 is 1.81 bits per heavy atom. The maximum Gasteiger partial charge on any atom is 0.113 e. The first-order valence-electron chi connectivity index (χ1n) is 5.08. The average Bonchev–Trinajstić information content (AvgIpc) is 2.59. The van der Waals surface area contributed by atoms with Gasteiger partial charge in [-0.15, -0.1) is 11.3 Å². The monoisotopic (exact) mass is 252 g/mol. The number of benzene rings is 1. The minimum atomic E-state index is -0.547. The second kappa shape index (κ2) is 4.58. The second-order valence-electron chi connectivity index (χ2n) is 3.84. The molecule has 1 aromatic heterocycles. The average molecular weight is 253 g/mol. The van der Waals surface area contributed by atoms with Crippen LogP contribution in [0.3, 0.4) is 0 Å². The van der Waals surface area contributed by atoms with Gasteiger partial charge in [-0.3, -0.25) is 0 Å². The van der Waals surface area contributed by atoms with E-state index in [-0.39, 0.29) is 0 Å². The molecule has 0 spiro atoms. The molecule has 1 atom stereocenters. The molecule has 0 aliphatic carbocycles. The molecule has 2 aromatic rings. The molecule has 0 fully saturated rings. The summed E-state index contributed by atoms with van der Waals surface area (Å²) in [6, 6.07) is 9.36. The molecule has 0 amide bonds. The predicted octanol–water partition coefficient (Wildman–Crippen LogP) is 4.10. The van der Waals surface area contributed by atoms with E-state index in [1.807, 2.05) is 18.2 Å². The lowest BCUT2D eigenvalue weighted by molar-refractivity contribution is 0.224. The van der Waals surface area contributed by atoms with Gasteiger partial charge >= 0.3 is 0 Å². The second-order valence-corrected chi connectivity index (χ2v) is 5.57. The van der Waals surface area contributed by atoms with Crippen molar-refractivity contribution in [3.63, 3.8) is 0 Å². The number of aliphatic hydroxyl groups excluding tert-OH is 1. The lowest BCUT2D eigenvalue weighted by atomic mass is 10.1. The Morgan fingerprint density at radius 1 is 1.19 bits per heavy atom. The summed E-state index contributed by atoms with van der Waals surface area (Å²) in [5.74, 6) is 0. The molecule has 0 aliphatic rings. The number of halogens is 1. The zero-order chi connectivity index (χ0) is 11.7.